The van der Waals surface area contributed by atoms with Crippen molar-refractivity contribution in [3.63, 3.8) is 0 Å². The minimum Gasteiger partial charge on any atom is -0.493 e. The summed E-state index contributed by atoms with van der Waals surface area (Å²) in [5.41, 5.74) is 1.52. The number of hydrogen-bond donors (Lipinski definition) is 1. The Morgan fingerprint density at radius 3 is 2.48 bits per heavy atom. The van der Waals surface area contributed by atoms with Gasteiger partial charge in [0.25, 0.3) is 5.91 Å². The number of nitrogens with zero attached hydrogens (tertiary/aromatic N) is 2. The van der Waals surface area contributed by atoms with E-state index in [-0.39, 0.29) is 12.5 Å². The molecule has 1 aliphatic rings. The maximum atomic E-state index is 12.3. The van der Waals surface area contributed by atoms with Crippen LogP contribution in [0.1, 0.15) is 12.5 Å². The van der Waals surface area contributed by atoms with Gasteiger partial charge in [0, 0.05) is 42.5 Å². The van der Waals surface area contributed by atoms with E-state index in [9.17, 15) is 4.79 Å². The Morgan fingerprint density at radius 1 is 1.19 bits per heavy atom. The van der Waals surface area contributed by atoms with Crippen LogP contribution in [0.15, 0.2) is 40.9 Å². The van der Waals surface area contributed by atoms with E-state index < -0.39 is 0 Å². The molecule has 0 unspecified atom stereocenters. The van der Waals surface area contributed by atoms with Crippen molar-refractivity contribution in [2.45, 2.75) is 6.92 Å². The van der Waals surface area contributed by atoms with Crippen LogP contribution in [-0.4, -0.2) is 67.1 Å². The van der Waals surface area contributed by atoms with Crippen molar-refractivity contribution in [2.24, 2.45) is 0 Å². The van der Waals surface area contributed by atoms with E-state index in [0.717, 1.165) is 43.3 Å². The number of halogens is 2. The molecular weight excluding hydrogens is 502 g/mol. The van der Waals surface area contributed by atoms with Gasteiger partial charge in [-0.05, 0) is 58.9 Å². The van der Waals surface area contributed by atoms with Gasteiger partial charge >= 0.3 is 0 Å². The van der Waals surface area contributed by atoms with Crippen LogP contribution in [0.5, 0.6) is 11.5 Å². The van der Waals surface area contributed by atoms with Crippen LogP contribution < -0.4 is 14.8 Å². The number of ether oxygens (including phenoxy) is 2. The fourth-order valence-corrected chi connectivity index (χ4v) is 4.28. The van der Waals surface area contributed by atoms with E-state index in [2.05, 4.69) is 38.0 Å². The first-order valence-corrected chi connectivity index (χ1v) is 11.6. The van der Waals surface area contributed by atoms with Crippen LogP contribution >= 0.6 is 39.7 Å². The van der Waals surface area contributed by atoms with E-state index in [4.69, 9.17) is 33.3 Å². The lowest BCUT2D eigenvalue weighted by molar-refractivity contribution is -0.118. The number of carbonyl (C=O) groups is 1. The van der Waals surface area contributed by atoms with Gasteiger partial charge in [-0.2, -0.15) is 0 Å². The second-order valence-corrected chi connectivity index (χ2v) is 8.74. The van der Waals surface area contributed by atoms with E-state index in [1.165, 1.54) is 0 Å². The van der Waals surface area contributed by atoms with Gasteiger partial charge < -0.3 is 24.6 Å². The highest BCUT2D eigenvalue weighted by Crippen LogP contribution is 2.37. The number of rotatable bonds is 7. The fraction of sp³-hybridized carbons (Fsp3) is 0.364. The number of anilines is 1. The molecule has 166 valence electrons. The molecule has 1 amide bonds. The largest absolute Gasteiger partial charge is 0.493 e. The molecule has 1 fully saturated rings. The SMILES string of the molecule is CCN1CCN(C(=S)c2cc(Br)c(OCC(=O)Nc3ccc(Cl)cc3)c(OC)c2)CC1. The topological polar surface area (TPSA) is 54.0 Å². The number of benzene rings is 2. The van der Waals surface area contributed by atoms with Crippen molar-refractivity contribution in [2.75, 3.05) is 51.8 Å². The molecule has 0 radical (unpaired) electrons. The van der Waals surface area contributed by atoms with Crippen LogP contribution in [0.4, 0.5) is 5.69 Å². The molecule has 3 rings (SSSR count). The molecule has 6 nitrogen and oxygen atoms in total. The molecule has 1 aliphatic heterocycles. The Bertz CT molecular complexity index is 934. The third-order valence-corrected chi connectivity index (χ3v) is 6.39. The second-order valence-electron chi connectivity index (χ2n) is 7.06. The molecular formula is C22H25BrClN3O3S. The zero-order valence-electron chi connectivity index (χ0n) is 17.5. The first-order valence-electron chi connectivity index (χ1n) is 9.98. The van der Waals surface area contributed by atoms with Gasteiger partial charge in [0.05, 0.1) is 11.6 Å². The third kappa shape index (κ3) is 6.32. The number of thiocarbonyl (C=S) groups is 1. The van der Waals surface area contributed by atoms with Gasteiger partial charge in [-0.1, -0.05) is 30.7 Å². The predicted molar refractivity (Wildman–Crippen MR) is 132 cm³/mol. The molecule has 2 aromatic carbocycles. The fourth-order valence-electron chi connectivity index (χ4n) is 3.30. The molecule has 1 N–H and O–H groups in total. The predicted octanol–water partition coefficient (Wildman–Crippen LogP) is 4.44. The Kier molecular flexibility index (Phi) is 8.54. The molecule has 9 heteroatoms. The Balaban J connectivity index is 1.65. The lowest BCUT2D eigenvalue weighted by Gasteiger charge is -2.35. The Morgan fingerprint density at radius 2 is 1.87 bits per heavy atom. The third-order valence-electron chi connectivity index (χ3n) is 5.06. The van der Waals surface area contributed by atoms with Crippen LogP contribution in [-0.2, 0) is 4.79 Å². The zero-order valence-corrected chi connectivity index (χ0v) is 20.6. The van der Waals surface area contributed by atoms with Crippen molar-refractivity contribution in [1.82, 2.24) is 9.80 Å². The smallest absolute Gasteiger partial charge is 0.262 e. The van der Waals surface area contributed by atoms with E-state index in [1.807, 2.05) is 12.1 Å². The molecule has 0 aliphatic carbocycles. The van der Waals surface area contributed by atoms with Crippen molar-refractivity contribution in [3.8, 4) is 11.5 Å². The van der Waals surface area contributed by atoms with Crippen LogP contribution in [0.3, 0.4) is 0 Å². The average molecular weight is 527 g/mol. The highest BCUT2D eigenvalue weighted by atomic mass is 79.9. The summed E-state index contributed by atoms with van der Waals surface area (Å²) in [6, 6.07) is 10.6. The average Bonchev–Trinajstić information content (AvgIpc) is 2.78. The Hall–Kier alpha value is -1.87. The molecule has 0 bridgehead atoms. The molecule has 1 saturated heterocycles. The summed E-state index contributed by atoms with van der Waals surface area (Å²) in [6.07, 6.45) is 0. The first-order chi connectivity index (χ1) is 14.9. The summed E-state index contributed by atoms with van der Waals surface area (Å²) in [5, 5.41) is 3.37. The maximum Gasteiger partial charge on any atom is 0.262 e. The standard InChI is InChI=1S/C22H25BrClN3O3S/c1-3-26-8-10-27(11-9-26)22(31)15-12-18(23)21(19(13-15)29-2)30-14-20(28)25-17-6-4-16(24)5-7-17/h4-7,12-13H,3,8-11,14H2,1-2H3,(H,25,28). The molecule has 2 aromatic rings. The monoisotopic (exact) mass is 525 g/mol. The van der Waals surface area contributed by atoms with Crippen molar-refractivity contribution in [3.05, 3.63) is 51.5 Å². The Labute approximate surface area is 201 Å². The second kappa shape index (κ2) is 11.1. The minimum absolute atomic E-state index is 0.166. The summed E-state index contributed by atoms with van der Waals surface area (Å²) in [7, 11) is 1.56. The van der Waals surface area contributed by atoms with E-state index >= 15 is 0 Å². The number of nitrogens with one attached hydrogen (secondary N) is 1. The number of methoxy groups -OCH3 is 1. The highest BCUT2D eigenvalue weighted by Gasteiger charge is 2.21. The normalized spacial score (nSPS) is 14.3. The van der Waals surface area contributed by atoms with Crippen molar-refractivity contribution in [1.29, 1.82) is 0 Å². The molecule has 1 heterocycles. The van der Waals surface area contributed by atoms with Crippen LogP contribution in [0.2, 0.25) is 5.02 Å². The van der Waals surface area contributed by atoms with Crippen LogP contribution in [0.25, 0.3) is 0 Å². The highest BCUT2D eigenvalue weighted by molar-refractivity contribution is 9.10. The number of amides is 1. The number of carbonyl (C=O) groups excluding carboxylic acids is 1. The molecule has 31 heavy (non-hydrogen) atoms. The number of likely N-dealkylation sites (N-methyl/N-ethyl adjacent to an activating group) is 1. The molecule has 0 atom stereocenters. The zero-order chi connectivity index (χ0) is 22.4. The van der Waals surface area contributed by atoms with Gasteiger partial charge in [0.2, 0.25) is 0 Å². The van der Waals surface area contributed by atoms with Gasteiger partial charge in [-0.25, -0.2) is 0 Å². The summed E-state index contributed by atoms with van der Waals surface area (Å²) in [4.78, 5) is 17.7. The number of hydrogen-bond acceptors (Lipinski definition) is 5. The summed E-state index contributed by atoms with van der Waals surface area (Å²) < 4.78 is 11.9. The quantitative estimate of drug-likeness (QED) is 0.538. The van der Waals surface area contributed by atoms with E-state index in [1.54, 1.807) is 31.4 Å². The summed E-state index contributed by atoms with van der Waals surface area (Å²) in [5.74, 6) is 0.680. The maximum absolute atomic E-state index is 12.3. The molecule has 0 spiro atoms. The van der Waals surface area contributed by atoms with Gasteiger partial charge in [0.15, 0.2) is 18.1 Å². The van der Waals surface area contributed by atoms with E-state index in [0.29, 0.717) is 26.7 Å². The van der Waals surface area contributed by atoms with Crippen LogP contribution in [0, 0.1) is 0 Å². The molecule has 0 saturated carbocycles. The van der Waals surface area contributed by atoms with Gasteiger partial charge in [-0.15, -0.1) is 0 Å². The number of piperazine rings is 1. The van der Waals surface area contributed by atoms with Gasteiger partial charge in [-0.3, -0.25) is 4.79 Å². The summed E-state index contributed by atoms with van der Waals surface area (Å²) in [6.45, 7) is 6.85. The first kappa shape index (κ1) is 23.8. The lowest BCUT2D eigenvalue weighted by Crippen LogP contribution is -2.48. The lowest BCUT2D eigenvalue weighted by atomic mass is 10.1. The summed E-state index contributed by atoms with van der Waals surface area (Å²) >= 11 is 15.1. The van der Waals surface area contributed by atoms with Crippen molar-refractivity contribution >= 4 is 56.3 Å². The van der Waals surface area contributed by atoms with Gasteiger partial charge in [0.1, 0.15) is 4.99 Å². The van der Waals surface area contributed by atoms with Crippen molar-refractivity contribution < 1.29 is 14.3 Å². The molecule has 0 aromatic heterocycles. The minimum atomic E-state index is -0.287.